The lowest BCUT2D eigenvalue weighted by atomic mass is 10.1. The Balaban J connectivity index is 1.42. The van der Waals surface area contributed by atoms with Gasteiger partial charge in [0.15, 0.2) is 5.96 Å². The Morgan fingerprint density at radius 3 is 2.65 bits per heavy atom. The fourth-order valence-corrected chi connectivity index (χ4v) is 3.75. The zero-order valence-corrected chi connectivity index (χ0v) is 19.1. The van der Waals surface area contributed by atoms with Crippen LogP contribution in [0.15, 0.2) is 53.5 Å². The van der Waals surface area contributed by atoms with E-state index in [2.05, 4.69) is 70.9 Å². The first kappa shape index (κ1) is 23.1. The molecular weight excluding hydrogens is 388 g/mol. The highest BCUT2D eigenvalue weighted by Gasteiger charge is 2.17. The molecule has 0 spiro atoms. The monoisotopic (exact) mass is 424 g/mol. The molecule has 31 heavy (non-hydrogen) atoms. The number of hydrogen-bond acceptors (Lipinski definition) is 4. The SMILES string of the molecule is CN=C(NCc1cccc(OCCN(C)C2CCOCC2)c1)NCc1ccccc1C. The third-order valence-corrected chi connectivity index (χ3v) is 5.82. The van der Waals surface area contributed by atoms with E-state index in [1.165, 1.54) is 11.1 Å². The maximum atomic E-state index is 6.01. The molecule has 6 nitrogen and oxygen atoms in total. The van der Waals surface area contributed by atoms with Gasteiger partial charge in [0.1, 0.15) is 12.4 Å². The maximum absolute atomic E-state index is 6.01. The molecule has 0 bridgehead atoms. The normalized spacial score (nSPS) is 15.2. The predicted molar refractivity (Wildman–Crippen MR) is 127 cm³/mol. The number of nitrogens with zero attached hydrogens (tertiary/aromatic N) is 2. The first-order chi connectivity index (χ1) is 15.2. The molecule has 1 saturated heterocycles. The van der Waals surface area contributed by atoms with Gasteiger partial charge in [-0.15, -0.1) is 0 Å². The molecule has 0 aromatic heterocycles. The van der Waals surface area contributed by atoms with E-state index < -0.39 is 0 Å². The van der Waals surface area contributed by atoms with Crippen LogP contribution in [-0.4, -0.2) is 57.4 Å². The highest BCUT2D eigenvalue weighted by atomic mass is 16.5. The van der Waals surface area contributed by atoms with E-state index in [4.69, 9.17) is 9.47 Å². The molecule has 1 aliphatic heterocycles. The molecule has 0 unspecified atom stereocenters. The summed E-state index contributed by atoms with van der Waals surface area (Å²) in [7, 11) is 3.97. The first-order valence-electron chi connectivity index (χ1n) is 11.1. The number of aliphatic imine (C=N–C) groups is 1. The number of ether oxygens (including phenoxy) is 2. The molecule has 0 aliphatic carbocycles. The van der Waals surface area contributed by atoms with Gasteiger partial charge in [0.25, 0.3) is 0 Å². The largest absolute Gasteiger partial charge is 0.492 e. The Morgan fingerprint density at radius 1 is 1.10 bits per heavy atom. The van der Waals surface area contributed by atoms with Crippen LogP contribution in [0.3, 0.4) is 0 Å². The second-order valence-electron chi connectivity index (χ2n) is 8.03. The lowest BCUT2D eigenvalue weighted by molar-refractivity contribution is 0.0392. The number of aryl methyl sites for hydroxylation is 1. The molecular formula is C25H36N4O2. The van der Waals surface area contributed by atoms with E-state index >= 15 is 0 Å². The van der Waals surface area contributed by atoms with Crippen LogP contribution < -0.4 is 15.4 Å². The molecule has 168 valence electrons. The molecule has 1 heterocycles. The molecule has 1 fully saturated rings. The van der Waals surface area contributed by atoms with E-state index in [9.17, 15) is 0 Å². The summed E-state index contributed by atoms with van der Waals surface area (Å²) < 4.78 is 11.5. The molecule has 0 amide bonds. The van der Waals surface area contributed by atoms with E-state index in [-0.39, 0.29) is 0 Å². The number of rotatable bonds is 9. The third kappa shape index (κ3) is 7.56. The van der Waals surface area contributed by atoms with E-state index in [0.717, 1.165) is 56.4 Å². The van der Waals surface area contributed by atoms with Crippen molar-refractivity contribution in [3.63, 3.8) is 0 Å². The minimum atomic E-state index is 0.604. The van der Waals surface area contributed by atoms with Crippen molar-refractivity contribution >= 4 is 5.96 Å². The van der Waals surface area contributed by atoms with Crippen LogP contribution in [0.1, 0.15) is 29.5 Å². The van der Waals surface area contributed by atoms with Crippen molar-refractivity contribution in [1.29, 1.82) is 0 Å². The molecule has 2 aromatic carbocycles. The van der Waals surface area contributed by atoms with Gasteiger partial charge in [0, 0.05) is 45.9 Å². The summed E-state index contributed by atoms with van der Waals surface area (Å²) in [5, 5.41) is 6.77. The van der Waals surface area contributed by atoms with Gasteiger partial charge in [-0.05, 0) is 55.6 Å². The summed E-state index contributed by atoms with van der Waals surface area (Å²) in [6, 6.07) is 17.2. The van der Waals surface area contributed by atoms with Crippen molar-refractivity contribution in [3.8, 4) is 5.75 Å². The van der Waals surface area contributed by atoms with Crippen LogP contribution in [0, 0.1) is 6.92 Å². The topological polar surface area (TPSA) is 58.1 Å². The molecule has 2 N–H and O–H groups in total. The fourth-order valence-electron chi connectivity index (χ4n) is 3.75. The number of nitrogens with one attached hydrogen (secondary N) is 2. The quantitative estimate of drug-likeness (QED) is 0.478. The smallest absolute Gasteiger partial charge is 0.191 e. The molecule has 6 heteroatoms. The van der Waals surface area contributed by atoms with Gasteiger partial charge in [-0.25, -0.2) is 0 Å². The van der Waals surface area contributed by atoms with Crippen LogP contribution in [-0.2, 0) is 17.8 Å². The fraction of sp³-hybridized carbons (Fsp3) is 0.480. The lowest BCUT2D eigenvalue weighted by Crippen LogP contribution is -2.38. The van der Waals surface area contributed by atoms with Gasteiger partial charge >= 0.3 is 0 Å². The van der Waals surface area contributed by atoms with Gasteiger partial charge in [0.05, 0.1) is 0 Å². The number of hydrogen-bond donors (Lipinski definition) is 2. The van der Waals surface area contributed by atoms with Crippen molar-refractivity contribution in [2.75, 3.05) is 40.5 Å². The van der Waals surface area contributed by atoms with E-state index in [0.29, 0.717) is 19.2 Å². The van der Waals surface area contributed by atoms with Gasteiger partial charge < -0.3 is 20.1 Å². The Labute approximate surface area is 186 Å². The van der Waals surface area contributed by atoms with E-state index in [1.807, 2.05) is 12.1 Å². The zero-order chi connectivity index (χ0) is 21.9. The summed E-state index contributed by atoms with van der Waals surface area (Å²) in [5.74, 6) is 1.69. The highest BCUT2D eigenvalue weighted by Crippen LogP contribution is 2.15. The Bertz CT molecular complexity index is 834. The predicted octanol–water partition coefficient (Wildman–Crippen LogP) is 3.35. The van der Waals surface area contributed by atoms with Crippen molar-refractivity contribution in [2.45, 2.75) is 38.9 Å². The third-order valence-electron chi connectivity index (χ3n) is 5.82. The van der Waals surface area contributed by atoms with Crippen LogP contribution >= 0.6 is 0 Å². The molecule has 0 radical (unpaired) electrons. The van der Waals surface area contributed by atoms with E-state index in [1.54, 1.807) is 7.05 Å². The summed E-state index contributed by atoms with van der Waals surface area (Å²) in [4.78, 5) is 6.72. The van der Waals surface area contributed by atoms with Crippen molar-refractivity contribution < 1.29 is 9.47 Å². The summed E-state index contributed by atoms with van der Waals surface area (Å²) in [5.41, 5.74) is 3.71. The minimum absolute atomic E-state index is 0.604. The van der Waals surface area contributed by atoms with Crippen molar-refractivity contribution in [2.24, 2.45) is 4.99 Å². The first-order valence-corrected chi connectivity index (χ1v) is 11.1. The average molecular weight is 425 g/mol. The lowest BCUT2D eigenvalue weighted by Gasteiger charge is -2.31. The minimum Gasteiger partial charge on any atom is -0.492 e. The van der Waals surface area contributed by atoms with Crippen LogP contribution in [0.4, 0.5) is 0 Å². The van der Waals surface area contributed by atoms with Crippen LogP contribution in [0.5, 0.6) is 5.75 Å². The molecule has 0 saturated carbocycles. The Morgan fingerprint density at radius 2 is 1.87 bits per heavy atom. The second-order valence-corrected chi connectivity index (χ2v) is 8.03. The van der Waals surface area contributed by atoms with Crippen LogP contribution in [0.2, 0.25) is 0 Å². The number of guanidine groups is 1. The van der Waals surface area contributed by atoms with Crippen LogP contribution in [0.25, 0.3) is 0 Å². The Kier molecular flexibility index (Phi) is 9.18. The number of benzene rings is 2. The number of likely N-dealkylation sites (N-methyl/N-ethyl adjacent to an activating group) is 1. The molecule has 0 atom stereocenters. The zero-order valence-electron chi connectivity index (χ0n) is 19.1. The summed E-state index contributed by atoms with van der Waals surface area (Å²) >= 11 is 0. The maximum Gasteiger partial charge on any atom is 0.191 e. The van der Waals surface area contributed by atoms with Gasteiger partial charge in [-0.1, -0.05) is 36.4 Å². The summed E-state index contributed by atoms with van der Waals surface area (Å²) in [6.45, 7) is 6.90. The molecule has 1 aliphatic rings. The van der Waals surface area contributed by atoms with Gasteiger partial charge in [-0.3, -0.25) is 9.89 Å². The Hall–Kier alpha value is -2.57. The van der Waals surface area contributed by atoms with Crippen molar-refractivity contribution in [3.05, 3.63) is 65.2 Å². The summed E-state index contributed by atoms with van der Waals surface area (Å²) in [6.07, 6.45) is 2.22. The average Bonchev–Trinajstić information content (AvgIpc) is 2.81. The highest BCUT2D eigenvalue weighted by molar-refractivity contribution is 5.79. The standard InChI is InChI=1S/C25H36N4O2/c1-20-7-4-5-9-22(20)19-28-25(26-2)27-18-21-8-6-10-24(17-21)31-16-13-29(3)23-11-14-30-15-12-23/h4-10,17,23H,11-16,18-19H2,1-3H3,(H2,26,27,28). The molecule has 3 rings (SSSR count). The van der Waals surface area contributed by atoms with Gasteiger partial charge in [-0.2, -0.15) is 0 Å². The van der Waals surface area contributed by atoms with Crippen molar-refractivity contribution in [1.82, 2.24) is 15.5 Å². The molecule has 2 aromatic rings. The second kappa shape index (κ2) is 12.3. The van der Waals surface area contributed by atoms with Gasteiger partial charge in [0.2, 0.25) is 0 Å².